The summed E-state index contributed by atoms with van der Waals surface area (Å²) in [6.45, 7) is -0.989. The Morgan fingerprint density at radius 2 is 2.12 bits per heavy atom. The number of methoxy groups -OCH3 is 1. The number of nitriles is 1. The largest absolute Gasteiger partial charge is 0.493 e. The highest BCUT2D eigenvalue weighted by Crippen LogP contribution is 2.34. The first-order valence-corrected chi connectivity index (χ1v) is 8.50. The second-order valence-electron chi connectivity index (χ2n) is 6.27. The first-order chi connectivity index (χ1) is 12.5. The molecule has 1 amide bonds. The van der Waals surface area contributed by atoms with E-state index >= 15 is 0 Å². The van der Waals surface area contributed by atoms with E-state index in [1.165, 1.54) is 25.3 Å². The lowest BCUT2D eigenvalue weighted by Crippen LogP contribution is -2.41. The molecule has 1 aromatic rings. The van der Waals surface area contributed by atoms with Gasteiger partial charge in [0.25, 0.3) is 5.91 Å². The number of hydrogen-bond donors (Lipinski definition) is 1. The fourth-order valence-electron chi connectivity index (χ4n) is 3.10. The van der Waals surface area contributed by atoms with Crippen LogP contribution >= 0.6 is 0 Å². The highest BCUT2D eigenvalue weighted by Gasteiger charge is 2.24. The van der Waals surface area contributed by atoms with Crippen molar-refractivity contribution < 1.29 is 23.0 Å². The number of hydrogen-bond acceptors (Lipinski definition) is 4. The number of alkyl halides is 2. The average Bonchev–Trinajstić information content (AvgIpc) is 2.62. The maximum atomic E-state index is 12.7. The molecule has 1 fully saturated rings. The molecule has 26 heavy (non-hydrogen) atoms. The quantitative estimate of drug-likeness (QED) is 0.614. The highest BCUT2D eigenvalue weighted by atomic mass is 19.3. The smallest absolute Gasteiger partial charge is 0.387 e. The Morgan fingerprint density at radius 1 is 1.38 bits per heavy atom. The number of nitrogens with zero attached hydrogens (tertiary/aromatic N) is 1. The Hall–Kier alpha value is -2.62. The molecule has 0 bridgehead atoms. The number of rotatable bonds is 6. The third-order valence-electron chi connectivity index (χ3n) is 4.53. The second-order valence-corrected chi connectivity index (χ2v) is 6.27. The van der Waals surface area contributed by atoms with Gasteiger partial charge < -0.3 is 14.8 Å². The third kappa shape index (κ3) is 4.94. The summed E-state index contributed by atoms with van der Waals surface area (Å²) in [5, 5.41) is 12.2. The standard InChI is InChI=1S/C19H22F2N2O3/c1-12-6-3-4-8-15(12)23-18(24)14(11-22)10-13-7-5-9-16(25-2)17(13)26-19(20)21/h5,7,9-10,12,15,19H,3-4,6,8H2,1-2H3,(H,23,24)/b14-10+. The molecule has 2 rings (SSSR count). The van der Waals surface area contributed by atoms with Crippen molar-refractivity contribution in [3.05, 3.63) is 29.3 Å². The van der Waals surface area contributed by atoms with Gasteiger partial charge in [0.2, 0.25) is 0 Å². The van der Waals surface area contributed by atoms with E-state index in [4.69, 9.17) is 4.74 Å². The van der Waals surface area contributed by atoms with E-state index in [2.05, 4.69) is 17.0 Å². The Bertz CT molecular complexity index is 713. The Morgan fingerprint density at radius 3 is 2.73 bits per heavy atom. The zero-order chi connectivity index (χ0) is 19.1. The van der Waals surface area contributed by atoms with Crippen molar-refractivity contribution in [3.63, 3.8) is 0 Å². The maximum absolute atomic E-state index is 12.7. The minimum Gasteiger partial charge on any atom is -0.493 e. The number of benzene rings is 1. The van der Waals surface area contributed by atoms with E-state index in [-0.39, 0.29) is 28.7 Å². The Labute approximate surface area is 151 Å². The van der Waals surface area contributed by atoms with Crippen LogP contribution in [0.25, 0.3) is 6.08 Å². The van der Waals surface area contributed by atoms with Gasteiger partial charge >= 0.3 is 6.61 Å². The molecule has 0 spiro atoms. The van der Waals surface area contributed by atoms with Gasteiger partial charge in [0.05, 0.1) is 7.11 Å². The van der Waals surface area contributed by atoms with Gasteiger partial charge in [-0.2, -0.15) is 14.0 Å². The Balaban J connectivity index is 2.27. The zero-order valence-corrected chi connectivity index (χ0v) is 14.8. The molecule has 2 atom stereocenters. The Kier molecular flexibility index (Phi) is 6.96. The van der Waals surface area contributed by atoms with Crippen LogP contribution in [0.2, 0.25) is 0 Å². The number of carbonyl (C=O) groups excluding carboxylic acids is 1. The van der Waals surface area contributed by atoms with E-state index in [0.717, 1.165) is 25.7 Å². The molecule has 0 heterocycles. The summed E-state index contributed by atoms with van der Waals surface area (Å²) in [5.74, 6) is -0.298. The lowest BCUT2D eigenvalue weighted by Gasteiger charge is -2.29. The van der Waals surface area contributed by atoms with Crippen molar-refractivity contribution in [1.29, 1.82) is 5.26 Å². The molecule has 1 aliphatic carbocycles. The van der Waals surface area contributed by atoms with Gasteiger partial charge in [-0.3, -0.25) is 4.79 Å². The summed E-state index contributed by atoms with van der Waals surface area (Å²) in [5.41, 5.74) is 0.00295. The van der Waals surface area contributed by atoms with Gasteiger partial charge in [0.1, 0.15) is 11.6 Å². The fraction of sp³-hybridized carbons (Fsp3) is 0.474. The minimum absolute atomic E-state index is 0.00935. The van der Waals surface area contributed by atoms with Gasteiger partial charge in [0.15, 0.2) is 11.5 Å². The predicted molar refractivity (Wildman–Crippen MR) is 92.8 cm³/mol. The molecule has 7 heteroatoms. The highest BCUT2D eigenvalue weighted by molar-refractivity contribution is 6.02. The number of para-hydroxylation sites is 1. The second kappa shape index (κ2) is 9.18. The molecule has 1 aliphatic rings. The molecule has 1 N–H and O–H groups in total. The molecular formula is C19H22F2N2O3. The van der Waals surface area contributed by atoms with E-state index in [1.807, 2.05) is 6.07 Å². The van der Waals surface area contributed by atoms with Crippen LogP contribution in [0, 0.1) is 17.2 Å². The lowest BCUT2D eigenvalue weighted by atomic mass is 9.86. The molecule has 5 nitrogen and oxygen atoms in total. The molecule has 0 saturated heterocycles. The third-order valence-corrected chi connectivity index (χ3v) is 4.53. The van der Waals surface area contributed by atoms with Crippen LogP contribution in [0.4, 0.5) is 8.78 Å². The number of halogens is 2. The van der Waals surface area contributed by atoms with Crippen molar-refractivity contribution >= 4 is 12.0 Å². The SMILES string of the molecule is COc1cccc(/C=C(\C#N)C(=O)NC2CCCCC2C)c1OC(F)F. The van der Waals surface area contributed by atoms with Crippen LogP contribution in [0.15, 0.2) is 23.8 Å². The summed E-state index contributed by atoms with van der Waals surface area (Å²) >= 11 is 0. The summed E-state index contributed by atoms with van der Waals surface area (Å²) in [6.07, 6.45) is 5.29. The number of carbonyl (C=O) groups is 1. The number of amides is 1. The van der Waals surface area contributed by atoms with Crippen molar-refractivity contribution in [1.82, 2.24) is 5.32 Å². The zero-order valence-electron chi connectivity index (χ0n) is 14.8. The van der Waals surface area contributed by atoms with Gasteiger partial charge in [0, 0.05) is 11.6 Å². The molecule has 1 aromatic carbocycles. The average molecular weight is 364 g/mol. The van der Waals surface area contributed by atoms with Crippen molar-refractivity contribution in [3.8, 4) is 17.6 Å². The monoisotopic (exact) mass is 364 g/mol. The van der Waals surface area contributed by atoms with Gasteiger partial charge in [-0.1, -0.05) is 31.9 Å². The van der Waals surface area contributed by atoms with Crippen molar-refractivity contribution in [2.24, 2.45) is 5.92 Å². The first kappa shape index (κ1) is 19.7. The summed E-state index contributed by atoms with van der Waals surface area (Å²) in [6, 6.07) is 6.36. The number of nitrogens with one attached hydrogen (secondary N) is 1. The molecule has 0 radical (unpaired) electrons. The maximum Gasteiger partial charge on any atom is 0.387 e. The molecule has 140 valence electrons. The van der Waals surface area contributed by atoms with Crippen LogP contribution in [0.3, 0.4) is 0 Å². The van der Waals surface area contributed by atoms with Crippen LogP contribution in [-0.4, -0.2) is 25.7 Å². The van der Waals surface area contributed by atoms with Gasteiger partial charge in [-0.25, -0.2) is 0 Å². The van der Waals surface area contributed by atoms with Crippen LogP contribution < -0.4 is 14.8 Å². The fourth-order valence-corrected chi connectivity index (χ4v) is 3.10. The minimum atomic E-state index is -3.05. The van der Waals surface area contributed by atoms with Crippen LogP contribution in [0.5, 0.6) is 11.5 Å². The van der Waals surface area contributed by atoms with Crippen LogP contribution in [-0.2, 0) is 4.79 Å². The predicted octanol–water partition coefficient (Wildman–Crippen LogP) is 3.90. The van der Waals surface area contributed by atoms with E-state index in [1.54, 1.807) is 6.07 Å². The van der Waals surface area contributed by atoms with Crippen LogP contribution in [0.1, 0.15) is 38.2 Å². The van der Waals surface area contributed by atoms with Crippen molar-refractivity contribution in [2.75, 3.05) is 7.11 Å². The summed E-state index contributed by atoms with van der Waals surface area (Å²) < 4.78 is 35.0. The summed E-state index contributed by atoms with van der Waals surface area (Å²) in [4.78, 5) is 12.5. The first-order valence-electron chi connectivity index (χ1n) is 8.50. The molecular weight excluding hydrogens is 342 g/mol. The lowest BCUT2D eigenvalue weighted by molar-refractivity contribution is -0.118. The molecule has 0 aromatic heterocycles. The van der Waals surface area contributed by atoms with E-state index in [9.17, 15) is 18.8 Å². The normalized spacial score (nSPS) is 20.4. The van der Waals surface area contributed by atoms with Gasteiger partial charge in [-0.05, 0) is 30.9 Å². The van der Waals surface area contributed by atoms with E-state index in [0.29, 0.717) is 5.92 Å². The van der Waals surface area contributed by atoms with Gasteiger partial charge in [-0.15, -0.1) is 0 Å². The molecule has 2 unspecified atom stereocenters. The summed E-state index contributed by atoms with van der Waals surface area (Å²) in [7, 11) is 1.32. The molecule has 0 aliphatic heterocycles. The topological polar surface area (TPSA) is 71.3 Å². The van der Waals surface area contributed by atoms with Crippen molar-refractivity contribution in [2.45, 2.75) is 45.3 Å². The van der Waals surface area contributed by atoms with E-state index < -0.39 is 12.5 Å². The number of ether oxygens (including phenoxy) is 2. The molecule has 1 saturated carbocycles.